The molecule has 0 aliphatic rings. The first-order valence-electron chi connectivity index (χ1n) is 8.87. The molecule has 0 radical (unpaired) electrons. The average molecular weight is 384 g/mol. The molecule has 0 saturated heterocycles. The summed E-state index contributed by atoms with van der Waals surface area (Å²) >= 11 is 5.66. The van der Waals surface area contributed by atoms with Crippen LogP contribution in [0.1, 0.15) is 17.7 Å². The third-order valence-corrected chi connectivity index (χ3v) is 4.44. The molecule has 0 unspecified atom stereocenters. The second-order valence-electron chi connectivity index (χ2n) is 6.12. The fourth-order valence-corrected chi connectivity index (χ4v) is 2.86. The molecule has 0 amide bonds. The summed E-state index contributed by atoms with van der Waals surface area (Å²) in [5.41, 5.74) is 2.59. The number of alkyl halides is 1. The second-order valence-corrected chi connectivity index (χ2v) is 6.50. The minimum absolute atomic E-state index is 0.124. The highest BCUT2D eigenvalue weighted by Crippen LogP contribution is 2.21. The minimum Gasteiger partial charge on any atom is -0.494 e. The summed E-state index contributed by atoms with van der Waals surface area (Å²) in [6, 6.07) is 19.0. The van der Waals surface area contributed by atoms with Crippen molar-refractivity contribution in [2.45, 2.75) is 20.0 Å². The van der Waals surface area contributed by atoms with Gasteiger partial charge in [-0.25, -0.2) is 0 Å². The van der Waals surface area contributed by atoms with Crippen LogP contribution in [0.4, 0.5) is 0 Å². The third-order valence-electron chi connectivity index (χ3n) is 4.18. The highest BCUT2D eigenvalue weighted by Gasteiger charge is 2.10. The lowest BCUT2D eigenvalue weighted by atomic mass is 10.2. The molecule has 0 saturated carbocycles. The molecule has 27 heavy (non-hydrogen) atoms. The van der Waals surface area contributed by atoms with Crippen LogP contribution in [-0.4, -0.2) is 17.1 Å². The number of aromatic nitrogens is 1. The Labute approximate surface area is 163 Å². The molecule has 0 bridgehead atoms. The third kappa shape index (κ3) is 4.92. The summed E-state index contributed by atoms with van der Waals surface area (Å²) in [4.78, 5) is 12.3. The van der Waals surface area contributed by atoms with Crippen LogP contribution in [0.15, 0.2) is 71.7 Å². The Balaban J connectivity index is 1.79. The van der Waals surface area contributed by atoms with Gasteiger partial charge in [-0.15, -0.1) is 11.6 Å². The summed E-state index contributed by atoms with van der Waals surface area (Å²) in [5, 5.41) is 0. The van der Waals surface area contributed by atoms with Gasteiger partial charge in [0, 0.05) is 23.8 Å². The number of benzene rings is 2. The minimum atomic E-state index is -0.124. The van der Waals surface area contributed by atoms with Crippen LogP contribution in [0.25, 0.3) is 5.69 Å². The zero-order chi connectivity index (χ0) is 19.1. The number of hydrogen-bond acceptors (Lipinski definition) is 3. The molecule has 0 atom stereocenters. The molecular formula is C22H22ClNO3. The Bertz CT molecular complexity index is 921. The van der Waals surface area contributed by atoms with Crippen molar-refractivity contribution in [1.29, 1.82) is 0 Å². The molecule has 0 spiro atoms. The van der Waals surface area contributed by atoms with E-state index in [0.717, 1.165) is 29.1 Å². The van der Waals surface area contributed by atoms with Crippen molar-refractivity contribution in [3.05, 3.63) is 88.3 Å². The summed E-state index contributed by atoms with van der Waals surface area (Å²) in [7, 11) is 0. The first-order chi connectivity index (χ1) is 13.2. The van der Waals surface area contributed by atoms with Gasteiger partial charge in [-0.2, -0.15) is 0 Å². The molecule has 1 aromatic heterocycles. The van der Waals surface area contributed by atoms with E-state index in [9.17, 15) is 4.79 Å². The average Bonchev–Trinajstić information content (AvgIpc) is 2.70. The standard InChI is InChI=1S/C22H22ClNO3/c1-17-22(27-16-18-6-3-2-4-7-18)21(25)12-14-24(17)19-8-10-20(11-9-19)26-15-5-13-23/h2-4,6-12,14H,5,13,15-16H2,1H3. The van der Waals surface area contributed by atoms with E-state index >= 15 is 0 Å². The van der Waals surface area contributed by atoms with E-state index in [1.165, 1.54) is 6.07 Å². The zero-order valence-corrected chi connectivity index (χ0v) is 16.0. The second kappa shape index (κ2) is 9.28. The molecule has 0 fully saturated rings. The van der Waals surface area contributed by atoms with E-state index in [-0.39, 0.29) is 5.43 Å². The zero-order valence-electron chi connectivity index (χ0n) is 15.2. The van der Waals surface area contributed by atoms with Crippen LogP contribution in [-0.2, 0) is 6.61 Å². The first kappa shape index (κ1) is 19.1. The highest BCUT2D eigenvalue weighted by molar-refractivity contribution is 6.17. The van der Waals surface area contributed by atoms with Gasteiger partial charge in [0.2, 0.25) is 5.43 Å². The summed E-state index contributed by atoms with van der Waals surface area (Å²) < 4.78 is 13.4. The predicted octanol–water partition coefficient (Wildman–Crippen LogP) is 4.73. The Morgan fingerprint density at radius 2 is 1.70 bits per heavy atom. The van der Waals surface area contributed by atoms with Crippen LogP contribution in [0.2, 0.25) is 0 Å². The van der Waals surface area contributed by atoms with Crippen LogP contribution in [0.3, 0.4) is 0 Å². The van der Waals surface area contributed by atoms with Gasteiger partial charge in [0.05, 0.1) is 12.3 Å². The lowest BCUT2D eigenvalue weighted by Crippen LogP contribution is -2.14. The number of ether oxygens (including phenoxy) is 2. The Kier molecular flexibility index (Phi) is 6.55. The first-order valence-corrected chi connectivity index (χ1v) is 9.40. The maximum absolute atomic E-state index is 12.3. The largest absolute Gasteiger partial charge is 0.494 e. The normalized spacial score (nSPS) is 10.6. The lowest BCUT2D eigenvalue weighted by molar-refractivity contribution is 0.298. The van der Waals surface area contributed by atoms with Gasteiger partial charge < -0.3 is 14.0 Å². The molecular weight excluding hydrogens is 362 g/mol. The van der Waals surface area contributed by atoms with Gasteiger partial charge in [-0.1, -0.05) is 30.3 Å². The smallest absolute Gasteiger partial charge is 0.223 e. The lowest BCUT2D eigenvalue weighted by Gasteiger charge is -2.15. The maximum Gasteiger partial charge on any atom is 0.223 e. The summed E-state index contributed by atoms with van der Waals surface area (Å²) in [5.74, 6) is 1.74. The van der Waals surface area contributed by atoms with E-state index in [2.05, 4.69) is 0 Å². The predicted molar refractivity (Wildman–Crippen MR) is 108 cm³/mol. The van der Waals surface area contributed by atoms with Crippen LogP contribution >= 0.6 is 11.6 Å². The van der Waals surface area contributed by atoms with Gasteiger partial charge in [0.1, 0.15) is 12.4 Å². The van der Waals surface area contributed by atoms with Crippen LogP contribution < -0.4 is 14.9 Å². The molecule has 140 valence electrons. The molecule has 4 nitrogen and oxygen atoms in total. The van der Waals surface area contributed by atoms with E-state index in [1.54, 1.807) is 6.20 Å². The molecule has 0 aliphatic carbocycles. The van der Waals surface area contributed by atoms with Crippen molar-refractivity contribution in [3.63, 3.8) is 0 Å². The maximum atomic E-state index is 12.3. The van der Waals surface area contributed by atoms with Crippen LogP contribution in [0.5, 0.6) is 11.5 Å². The Morgan fingerprint density at radius 1 is 0.963 bits per heavy atom. The van der Waals surface area contributed by atoms with Gasteiger partial charge in [0.15, 0.2) is 5.75 Å². The fraction of sp³-hybridized carbons (Fsp3) is 0.227. The van der Waals surface area contributed by atoms with E-state index < -0.39 is 0 Å². The van der Waals surface area contributed by atoms with Crippen molar-refractivity contribution in [1.82, 2.24) is 4.57 Å². The quantitative estimate of drug-likeness (QED) is 0.417. The van der Waals surface area contributed by atoms with Crippen molar-refractivity contribution in [2.24, 2.45) is 0 Å². The molecule has 0 aliphatic heterocycles. The molecule has 3 aromatic rings. The number of pyridine rings is 1. The van der Waals surface area contributed by atoms with Crippen molar-refractivity contribution in [2.75, 3.05) is 12.5 Å². The fourth-order valence-electron chi connectivity index (χ4n) is 2.75. The topological polar surface area (TPSA) is 40.5 Å². The Morgan fingerprint density at radius 3 is 2.41 bits per heavy atom. The molecule has 3 rings (SSSR count). The highest BCUT2D eigenvalue weighted by atomic mass is 35.5. The molecule has 0 N–H and O–H groups in total. The van der Waals surface area contributed by atoms with Gasteiger partial charge in [-0.05, 0) is 43.2 Å². The summed E-state index contributed by atoms with van der Waals surface area (Å²) in [6.45, 7) is 2.83. The number of nitrogens with zero attached hydrogens (tertiary/aromatic N) is 1. The SMILES string of the molecule is Cc1c(OCc2ccccc2)c(=O)ccn1-c1ccc(OCCCCl)cc1. The van der Waals surface area contributed by atoms with Gasteiger partial charge in [0.25, 0.3) is 0 Å². The molecule has 2 aromatic carbocycles. The van der Waals surface area contributed by atoms with Crippen molar-refractivity contribution >= 4 is 11.6 Å². The monoisotopic (exact) mass is 383 g/mol. The van der Waals surface area contributed by atoms with E-state index in [0.29, 0.717) is 24.8 Å². The van der Waals surface area contributed by atoms with Crippen molar-refractivity contribution in [3.8, 4) is 17.2 Å². The van der Waals surface area contributed by atoms with Gasteiger partial charge >= 0.3 is 0 Å². The van der Waals surface area contributed by atoms with E-state index in [4.69, 9.17) is 21.1 Å². The number of rotatable bonds is 8. The number of hydrogen-bond donors (Lipinski definition) is 0. The summed E-state index contributed by atoms with van der Waals surface area (Å²) in [6.07, 6.45) is 2.57. The van der Waals surface area contributed by atoms with E-state index in [1.807, 2.05) is 66.1 Å². The molecule has 5 heteroatoms. The van der Waals surface area contributed by atoms with Gasteiger partial charge in [-0.3, -0.25) is 4.79 Å². The van der Waals surface area contributed by atoms with Crippen molar-refractivity contribution < 1.29 is 9.47 Å². The number of halogens is 1. The Hall–Kier alpha value is -2.72. The molecule has 1 heterocycles. The van der Waals surface area contributed by atoms with Crippen LogP contribution in [0, 0.1) is 6.92 Å².